The van der Waals surface area contributed by atoms with Crippen LogP contribution in [-0.4, -0.2) is 9.91 Å². The molecule has 92 valence electrons. The first-order chi connectivity index (χ1) is 8.49. The highest BCUT2D eigenvalue weighted by atomic mass is 35.5. The SMILES string of the molecule is O=[N+]([O-])c1cc(Cl)cnc1-c1cc(Cl)ccc1Cl. The third-order valence-electron chi connectivity index (χ3n) is 2.21. The Kier molecular flexibility index (Phi) is 3.71. The van der Waals surface area contributed by atoms with E-state index in [1.165, 1.54) is 18.3 Å². The molecule has 1 heterocycles. The van der Waals surface area contributed by atoms with Gasteiger partial charge in [-0.15, -0.1) is 0 Å². The van der Waals surface area contributed by atoms with Gasteiger partial charge >= 0.3 is 0 Å². The molecule has 0 radical (unpaired) electrons. The average molecular weight is 304 g/mol. The Labute approximate surface area is 117 Å². The van der Waals surface area contributed by atoms with E-state index < -0.39 is 4.92 Å². The molecule has 0 saturated heterocycles. The van der Waals surface area contributed by atoms with Crippen LogP contribution in [0.5, 0.6) is 0 Å². The summed E-state index contributed by atoms with van der Waals surface area (Å²) < 4.78 is 0. The second kappa shape index (κ2) is 5.10. The van der Waals surface area contributed by atoms with Gasteiger partial charge in [0.2, 0.25) is 0 Å². The summed E-state index contributed by atoms with van der Waals surface area (Å²) in [6.07, 6.45) is 1.32. The first-order valence-corrected chi connectivity index (χ1v) is 5.88. The average Bonchev–Trinajstić information content (AvgIpc) is 2.32. The fraction of sp³-hybridized carbons (Fsp3) is 0. The van der Waals surface area contributed by atoms with Gasteiger partial charge in [0, 0.05) is 22.8 Å². The molecule has 0 atom stereocenters. The second-order valence-electron chi connectivity index (χ2n) is 3.40. The number of aromatic nitrogens is 1. The molecule has 7 heteroatoms. The number of hydrogen-bond donors (Lipinski definition) is 0. The Hall–Kier alpha value is -1.36. The van der Waals surface area contributed by atoms with Gasteiger partial charge in [-0.3, -0.25) is 10.1 Å². The van der Waals surface area contributed by atoms with Crippen LogP contribution in [0.1, 0.15) is 0 Å². The molecule has 0 spiro atoms. The smallest absolute Gasteiger partial charge is 0.258 e. The van der Waals surface area contributed by atoms with Crippen LogP contribution in [0.3, 0.4) is 0 Å². The minimum absolute atomic E-state index is 0.136. The molecular formula is C11H5Cl3N2O2. The normalized spacial score (nSPS) is 10.4. The largest absolute Gasteiger partial charge is 0.297 e. The number of hydrogen-bond acceptors (Lipinski definition) is 3. The summed E-state index contributed by atoms with van der Waals surface area (Å²) in [5.74, 6) is 0. The van der Waals surface area contributed by atoms with E-state index in [-0.39, 0.29) is 16.4 Å². The maximum atomic E-state index is 11.0. The van der Waals surface area contributed by atoms with Gasteiger partial charge in [-0.05, 0) is 18.2 Å². The monoisotopic (exact) mass is 302 g/mol. The number of nitrogens with zero attached hydrogens (tertiary/aromatic N) is 2. The van der Waals surface area contributed by atoms with Crippen molar-refractivity contribution in [1.29, 1.82) is 0 Å². The van der Waals surface area contributed by atoms with Crippen LogP contribution < -0.4 is 0 Å². The zero-order valence-corrected chi connectivity index (χ0v) is 11.0. The van der Waals surface area contributed by atoms with Crippen LogP contribution in [0.15, 0.2) is 30.5 Å². The molecule has 0 amide bonds. The van der Waals surface area contributed by atoms with Gasteiger partial charge in [-0.2, -0.15) is 0 Å². The maximum Gasteiger partial charge on any atom is 0.297 e. The quantitative estimate of drug-likeness (QED) is 0.601. The Morgan fingerprint density at radius 1 is 1.11 bits per heavy atom. The molecule has 0 aliphatic rings. The summed E-state index contributed by atoms with van der Waals surface area (Å²) in [6, 6.07) is 5.89. The standard InChI is InChI=1S/C11H5Cl3N2O2/c12-6-1-2-9(14)8(3-6)11-10(16(17)18)4-7(13)5-15-11/h1-5H. The Bertz CT molecular complexity index is 632. The fourth-order valence-corrected chi connectivity index (χ4v) is 1.99. The van der Waals surface area contributed by atoms with E-state index in [1.807, 2.05) is 0 Å². The van der Waals surface area contributed by atoms with E-state index in [9.17, 15) is 10.1 Å². The van der Waals surface area contributed by atoms with E-state index in [0.29, 0.717) is 15.6 Å². The molecule has 1 aromatic heterocycles. The van der Waals surface area contributed by atoms with E-state index >= 15 is 0 Å². The summed E-state index contributed by atoms with van der Waals surface area (Å²) >= 11 is 17.5. The topological polar surface area (TPSA) is 56.0 Å². The van der Waals surface area contributed by atoms with Crippen molar-refractivity contribution >= 4 is 40.5 Å². The van der Waals surface area contributed by atoms with Gasteiger partial charge in [0.05, 0.1) is 15.0 Å². The first kappa shape index (κ1) is 13.1. The van der Waals surface area contributed by atoms with Crippen LogP contribution in [0.4, 0.5) is 5.69 Å². The third kappa shape index (κ3) is 2.56. The summed E-state index contributed by atoms with van der Waals surface area (Å²) in [6.45, 7) is 0. The zero-order chi connectivity index (χ0) is 13.3. The Morgan fingerprint density at radius 3 is 2.50 bits per heavy atom. The van der Waals surface area contributed by atoms with Crippen molar-refractivity contribution in [2.45, 2.75) is 0 Å². The lowest BCUT2D eigenvalue weighted by atomic mass is 10.1. The van der Waals surface area contributed by atoms with Crippen molar-refractivity contribution in [3.8, 4) is 11.3 Å². The van der Waals surface area contributed by atoms with Crippen LogP contribution in [0, 0.1) is 10.1 Å². The number of pyridine rings is 1. The van der Waals surface area contributed by atoms with Gasteiger partial charge in [0.15, 0.2) is 0 Å². The number of benzene rings is 1. The highest BCUT2D eigenvalue weighted by molar-refractivity contribution is 6.35. The van der Waals surface area contributed by atoms with Crippen molar-refractivity contribution in [2.75, 3.05) is 0 Å². The van der Waals surface area contributed by atoms with Crippen LogP contribution in [0.25, 0.3) is 11.3 Å². The molecule has 0 saturated carbocycles. The van der Waals surface area contributed by atoms with Crippen molar-refractivity contribution < 1.29 is 4.92 Å². The molecular weight excluding hydrogens is 298 g/mol. The van der Waals surface area contributed by atoms with Crippen LogP contribution in [-0.2, 0) is 0 Å². The molecule has 18 heavy (non-hydrogen) atoms. The third-order valence-corrected chi connectivity index (χ3v) is 2.99. The summed E-state index contributed by atoms with van der Waals surface area (Å²) in [4.78, 5) is 14.4. The summed E-state index contributed by atoms with van der Waals surface area (Å²) in [5, 5.41) is 11.9. The molecule has 1 aromatic carbocycles. The Morgan fingerprint density at radius 2 is 1.83 bits per heavy atom. The number of nitro groups is 1. The van der Waals surface area contributed by atoms with E-state index in [2.05, 4.69) is 4.98 Å². The first-order valence-electron chi connectivity index (χ1n) is 4.74. The molecule has 2 aromatic rings. The van der Waals surface area contributed by atoms with Gasteiger partial charge in [0.25, 0.3) is 5.69 Å². The van der Waals surface area contributed by atoms with Gasteiger partial charge in [0.1, 0.15) is 5.69 Å². The predicted molar refractivity (Wildman–Crippen MR) is 71.4 cm³/mol. The van der Waals surface area contributed by atoms with E-state index in [4.69, 9.17) is 34.8 Å². The van der Waals surface area contributed by atoms with Crippen LogP contribution >= 0.6 is 34.8 Å². The molecule has 0 bridgehead atoms. The second-order valence-corrected chi connectivity index (χ2v) is 4.68. The van der Waals surface area contributed by atoms with Crippen molar-refractivity contribution in [3.05, 3.63) is 55.6 Å². The van der Waals surface area contributed by atoms with Gasteiger partial charge in [-0.1, -0.05) is 34.8 Å². The van der Waals surface area contributed by atoms with E-state index in [0.717, 1.165) is 0 Å². The predicted octanol–water partition coefficient (Wildman–Crippen LogP) is 4.62. The number of halogens is 3. The highest BCUT2D eigenvalue weighted by Crippen LogP contribution is 2.35. The molecule has 0 aliphatic carbocycles. The molecule has 2 rings (SSSR count). The highest BCUT2D eigenvalue weighted by Gasteiger charge is 2.19. The summed E-state index contributed by atoms with van der Waals surface area (Å²) in [5.41, 5.74) is 0.316. The van der Waals surface area contributed by atoms with Crippen molar-refractivity contribution in [1.82, 2.24) is 4.98 Å². The Balaban J connectivity index is 2.70. The minimum atomic E-state index is -0.564. The minimum Gasteiger partial charge on any atom is -0.258 e. The fourth-order valence-electron chi connectivity index (χ4n) is 1.45. The van der Waals surface area contributed by atoms with Gasteiger partial charge in [-0.25, -0.2) is 4.98 Å². The molecule has 0 aliphatic heterocycles. The summed E-state index contributed by atoms with van der Waals surface area (Å²) in [7, 11) is 0. The lowest BCUT2D eigenvalue weighted by Gasteiger charge is -2.05. The lowest BCUT2D eigenvalue weighted by Crippen LogP contribution is -1.95. The molecule has 0 fully saturated rings. The van der Waals surface area contributed by atoms with Crippen LogP contribution in [0.2, 0.25) is 15.1 Å². The van der Waals surface area contributed by atoms with Crippen molar-refractivity contribution in [2.24, 2.45) is 0 Å². The van der Waals surface area contributed by atoms with Gasteiger partial charge < -0.3 is 0 Å². The van der Waals surface area contributed by atoms with E-state index in [1.54, 1.807) is 12.1 Å². The zero-order valence-electron chi connectivity index (χ0n) is 8.73. The number of rotatable bonds is 2. The molecule has 0 N–H and O–H groups in total. The molecule has 0 unspecified atom stereocenters. The molecule has 4 nitrogen and oxygen atoms in total. The lowest BCUT2D eigenvalue weighted by molar-refractivity contribution is -0.384. The van der Waals surface area contributed by atoms with Crippen molar-refractivity contribution in [3.63, 3.8) is 0 Å². The maximum absolute atomic E-state index is 11.0.